The predicted molar refractivity (Wildman–Crippen MR) is 29.6 cm³/mol. The quantitative estimate of drug-likeness (QED) is 0.359. The molecule has 0 atom stereocenters. The summed E-state index contributed by atoms with van der Waals surface area (Å²) >= 11 is 0. The van der Waals surface area contributed by atoms with Gasteiger partial charge in [-0.2, -0.15) is 0 Å². The predicted octanol–water partition coefficient (Wildman–Crippen LogP) is 2.14. The number of hydrogen-bond acceptors (Lipinski definition) is 0. The SMILES string of the molecule is C=CCCC=C.[Rh]. The number of unbranched alkanes of at least 4 members (excludes halogenated alkanes) is 1. The van der Waals surface area contributed by atoms with Crippen molar-refractivity contribution in [2.24, 2.45) is 0 Å². The maximum Gasteiger partial charge on any atom is 0 e. The van der Waals surface area contributed by atoms with Gasteiger partial charge in [0.15, 0.2) is 0 Å². The van der Waals surface area contributed by atoms with Crippen LogP contribution >= 0.6 is 0 Å². The zero-order valence-corrected chi connectivity index (χ0v) is 5.96. The average molecular weight is 185 g/mol. The molecule has 0 aromatic rings. The molecule has 0 aromatic heterocycles. The first-order valence-corrected chi connectivity index (χ1v) is 2.13. The van der Waals surface area contributed by atoms with Gasteiger partial charge in [-0.1, -0.05) is 12.2 Å². The third kappa shape index (κ3) is 10.7. The maximum atomic E-state index is 3.55. The van der Waals surface area contributed by atoms with E-state index in [1.807, 2.05) is 12.2 Å². The van der Waals surface area contributed by atoms with E-state index in [1.54, 1.807) is 0 Å². The number of hydrogen-bond donors (Lipinski definition) is 0. The largest absolute Gasteiger partial charge is 0.103 e. The Balaban J connectivity index is 0. The minimum atomic E-state index is 0. The van der Waals surface area contributed by atoms with Crippen LogP contribution in [0.5, 0.6) is 0 Å². The van der Waals surface area contributed by atoms with Gasteiger partial charge in [0.25, 0.3) is 0 Å². The maximum absolute atomic E-state index is 3.55. The fourth-order valence-electron chi connectivity index (χ4n) is 0.236. The molecule has 0 aliphatic heterocycles. The molecular weight excluding hydrogens is 175 g/mol. The molecule has 0 spiro atoms. The van der Waals surface area contributed by atoms with Crippen LogP contribution in [0, 0.1) is 0 Å². The van der Waals surface area contributed by atoms with Gasteiger partial charge in [-0.15, -0.1) is 13.2 Å². The molecular formula is C6H10Rh. The third-order valence-corrected chi connectivity index (χ3v) is 0.575. The van der Waals surface area contributed by atoms with Crippen molar-refractivity contribution in [3.63, 3.8) is 0 Å². The van der Waals surface area contributed by atoms with E-state index in [4.69, 9.17) is 0 Å². The monoisotopic (exact) mass is 185 g/mol. The molecule has 0 bridgehead atoms. The summed E-state index contributed by atoms with van der Waals surface area (Å²) in [5, 5.41) is 0. The third-order valence-electron chi connectivity index (χ3n) is 0.575. The Morgan fingerprint density at radius 2 is 1.29 bits per heavy atom. The minimum absolute atomic E-state index is 0. The Morgan fingerprint density at radius 1 is 1.00 bits per heavy atom. The second-order valence-electron chi connectivity index (χ2n) is 1.15. The van der Waals surface area contributed by atoms with Crippen LogP contribution in [-0.2, 0) is 19.5 Å². The fraction of sp³-hybridized carbons (Fsp3) is 0.333. The summed E-state index contributed by atoms with van der Waals surface area (Å²) in [6, 6.07) is 0. The van der Waals surface area contributed by atoms with Crippen molar-refractivity contribution in [2.45, 2.75) is 12.8 Å². The molecule has 0 aliphatic rings. The van der Waals surface area contributed by atoms with Crippen molar-refractivity contribution in [1.29, 1.82) is 0 Å². The average Bonchev–Trinajstić information content (AvgIpc) is 1.61. The molecule has 0 aromatic carbocycles. The molecule has 0 fully saturated rings. The van der Waals surface area contributed by atoms with Gasteiger partial charge >= 0.3 is 0 Å². The van der Waals surface area contributed by atoms with E-state index in [0.717, 1.165) is 12.8 Å². The van der Waals surface area contributed by atoms with E-state index >= 15 is 0 Å². The molecule has 0 aliphatic carbocycles. The Kier molecular flexibility index (Phi) is 13.7. The normalized spacial score (nSPS) is 6.29. The number of allylic oxidation sites excluding steroid dienone is 2. The second-order valence-corrected chi connectivity index (χ2v) is 1.15. The van der Waals surface area contributed by atoms with Gasteiger partial charge in [0.1, 0.15) is 0 Å². The molecule has 0 heterocycles. The smallest absolute Gasteiger partial charge is 0 e. The van der Waals surface area contributed by atoms with Crippen LogP contribution in [0.25, 0.3) is 0 Å². The van der Waals surface area contributed by atoms with Crippen molar-refractivity contribution >= 4 is 0 Å². The van der Waals surface area contributed by atoms with E-state index in [1.165, 1.54) is 0 Å². The molecule has 0 unspecified atom stereocenters. The summed E-state index contributed by atoms with van der Waals surface area (Å²) in [7, 11) is 0. The van der Waals surface area contributed by atoms with E-state index < -0.39 is 0 Å². The Morgan fingerprint density at radius 3 is 1.43 bits per heavy atom. The van der Waals surface area contributed by atoms with Crippen molar-refractivity contribution in [1.82, 2.24) is 0 Å². The Hall–Kier alpha value is 0.103. The molecule has 0 amide bonds. The summed E-state index contributed by atoms with van der Waals surface area (Å²) in [6.45, 7) is 7.10. The summed E-state index contributed by atoms with van der Waals surface area (Å²) in [6.07, 6.45) is 5.90. The summed E-state index contributed by atoms with van der Waals surface area (Å²) in [4.78, 5) is 0. The van der Waals surface area contributed by atoms with Gasteiger partial charge in [-0.05, 0) is 12.8 Å². The van der Waals surface area contributed by atoms with E-state index in [0.29, 0.717) is 0 Å². The zero-order chi connectivity index (χ0) is 4.83. The molecule has 43 valence electrons. The van der Waals surface area contributed by atoms with Gasteiger partial charge in [0.05, 0.1) is 0 Å². The van der Waals surface area contributed by atoms with E-state index in [-0.39, 0.29) is 19.5 Å². The molecule has 0 saturated heterocycles. The van der Waals surface area contributed by atoms with Crippen LogP contribution in [0.4, 0.5) is 0 Å². The molecule has 0 rings (SSSR count). The topological polar surface area (TPSA) is 0 Å². The van der Waals surface area contributed by atoms with Crippen LogP contribution in [0.15, 0.2) is 25.3 Å². The summed E-state index contributed by atoms with van der Waals surface area (Å²) in [5.74, 6) is 0. The Bertz CT molecular complexity index is 40.1. The van der Waals surface area contributed by atoms with Gasteiger partial charge in [-0.25, -0.2) is 0 Å². The van der Waals surface area contributed by atoms with Gasteiger partial charge in [-0.3, -0.25) is 0 Å². The van der Waals surface area contributed by atoms with Crippen LogP contribution in [-0.4, -0.2) is 0 Å². The van der Waals surface area contributed by atoms with Crippen molar-refractivity contribution in [3.05, 3.63) is 25.3 Å². The molecule has 0 N–H and O–H groups in total. The van der Waals surface area contributed by atoms with Crippen molar-refractivity contribution in [2.75, 3.05) is 0 Å². The summed E-state index contributed by atoms with van der Waals surface area (Å²) < 4.78 is 0. The van der Waals surface area contributed by atoms with Crippen molar-refractivity contribution < 1.29 is 19.5 Å². The second kappa shape index (κ2) is 9.44. The fourth-order valence-corrected chi connectivity index (χ4v) is 0.236. The molecule has 1 heteroatoms. The minimum Gasteiger partial charge on any atom is -0.103 e. The first-order valence-electron chi connectivity index (χ1n) is 2.13. The molecule has 7 heavy (non-hydrogen) atoms. The molecule has 0 saturated carbocycles. The Labute approximate surface area is 58.1 Å². The van der Waals surface area contributed by atoms with E-state index in [2.05, 4.69) is 13.2 Å². The number of rotatable bonds is 3. The van der Waals surface area contributed by atoms with Crippen LogP contribution in [0.1, 0.15) is 12.8 Å². The standard InChI is InChI=1S/C6H10.Rh/c1-3-5-6-4-2;/h3-4H,1-2,5-6H2;. The molecule has 0 nitrogen and oxygen atoms in total. The summed E-state index contributed by atoms with van der Waals surface area (Å²) in [5.41, 5.74) is 0. The van der Waals surface area contributed by atoms with Gasteiger partial charge < -0.3 is 0 Å². The van der Waals surface area contributed by atoms with Crippen LogP contribution in [0.2, 0.25) is 0 Å². The van der Waals surface area contributed by atoms with Gasteiger partial charge in [0, 0.05) is 19.5 Å². The van der Waals surface area contributed by atoms with E-state index in [9.17, 15) is 0 Å². The van der Waals surface area contributed by atoms with Gasteiger partial charge in [0.2, 0.25) is 0 Å². The van der Waals surface area contributed by atoms with Crippen LogP contribution in [0.3, 0.4) is 0 Å². The van der Waals surface area contributed by atoms with Crippen LogP contribution < -0.4 is 0 Å². The zero-order valence-electron chi connectivity index (χ0n) is 4.32. The van der Waals surface area contributed by atoms with Crippen molar-refractivity contribution in [3.8, 4) is 0 Å². The first-order chi connectivity index (χ1) is 2.91. The molecule has 1 radical (unpaired) electrons. The first kappa shape index (κ1) is 10.2.